The number of halogens is 1. The van der Waals surface area contributed by atoms with Crippen LogP contribution in [0, 0.1) is 5.82 Å². The number of benzene rings is 1. The first kappa shape index (κ1) is 22.0. The van der Waals surface area contributed by atoms with Gasteiger partial charge in [0.2, 0.25) is 5.88 Å². The fourth-order valence-corrected chi connectivity index (χ4v) is 3.61. The van der Waals surface area contributed by atoms with E-state index < -0.39 is 0 Å². The van der Waals surface area contributed by atoms with Crippen LogP contribution in [0.3, 0.4) is 0 Å². The molecule has 1 aliphatic heterocycles. The van der Waals surface area contributed by atoms with Gasteiger partial charge in [-0.05, 0) is 50.5 Å². The van der Waals surface area contributed by atoms with Crippen LogP contribution in [0.5, 0.6) is 0 Å². The Hall–Kier alpha value is -3.17. The van der Waals surface area contributed by atoms with Gasteiger partial charge in [0, 0.05) is 31.7 Å². The van der Waals surface area contributed by atoms with E-state index in [1.54, 1.807) is 29.2 Å². The Morgan fingerprint density at radius 2 is 1.88 bits per heavy atom. The lowest BCUT2D eigenvalue weighted by molar-refractivity contribution is 0.0699. The van der Waals surface area contributed by atoms with Crippen molar-refractivity contribution in [1.29, 1.82) is 0 Å². The second-order valence-corrected chi connectivity index (χ2v) is 7.93. The Kier molecular flexibility index (Phi) is 6.87. The van der Waals surface area contributed by atoms with Crippen molar-refractivity contribution in [1.82, 2.24) is 15.0 Å². The lowest BCUT2D eigenvalue weighted by Gasteiger charge is -2.28. The molecule has 170 valence electrons. The van der Waals surface area contributed by atoms with Crippen molar-refractivity contribution in [2.24, 2.45) is 0 Å². The first-order chi connectivity index (χ1) is 15.5. The van der Waals surface area contributed by atoms with Gasteiger partial charge in [0.25, 0.3) is 5.91 Å². The van der Waals surface area contributed by atoms with Gasteiger partial charge in [-0.2, -0.15) is 0 Å². The van der Waals surface area contributed by atoms with Crippen LogP contribution < -0.4 is 4.90 Å². The van der Waals surface area contributed by atoms with Crippen molar-refractivity contribution in [3.8, 4) is 11.3 Å². The molecule has 3 aromatic rings. The van der Waals surface area contributed by atoms with E-state index in [9.17, 15) is 9.18 Å². The monoisotopic (exact) mass is 442 g/mol. The van der Waals surface area contributed by atoms with Crippen LogP contribution in [0.15, 0.2) is 51.6 Å². The number of aromatic nitrogens is 1. The van der Waals surface area contributed by atoms with Gasteiger partial charge in [-0.25, -0.2) is 4.39 Å². The topological polar surface area (TPSA) is 75.2 Å². The van der Waals surface area contributed by atoms with E-state index in [0.717, 1.165) is 11.1 Å². The third kappa shape index (κ3) is 5.00. The fourth-order valence-electron chi connectivity index (χ4n) is 3.61. The third-order valence-corrected chi connectivity index (χ3v) is 5.37. The average molecular weight is 442 g/mol. The van der Waals surface area contributed by atoms with Crippen LogP contribution in [0.25, 0.3) is 11.3 Å². The maximum atomic E-state index is 13.5. The number of likely N-dealkylation sites (N-methyl/N-ethyl adjacent to an activating group) is 1. The summed E-state index contributed by atoms with van der Waals surface area (Å²) < 4.78 is 30.1. The third-order valence-electron chi connectivity index (χ3n) is 5.37. The van der Waals surface area contributed by atoms with Gasteiger partial charge in [-0.3, -0.25) is 4.79 Å². The van der Waals surface area contributed by atoms with Gasteiger partial charge < -0.3 is 28.4 Å². The van der Waals surface area contributed by atoms with Crippen LogP contribution in [0.2, 0.25) is 0 Å². The van der Waals surface area contributed by atoms with E-state index in [4.69, 9.17) is 13.7 Å². The van der Waals surface area contributed by atoms with Crippen molar-refractivity contribution in [2.45, 2.75) is 6.54 Å². The highest BCUT2D eigenvalue weighted by molar-refractivity contribution is 5.91. The summed E-state index contributed by atoms with van der Waals surface area (Å²) >= 11 is 0. The zero-order valence-corrected chi connectivity index (χ0v) is 18.3. The maximum absolute atomic E-state index is 13.5. The molecule has 8 nitrogen and oxygen atoms in total. The van der Waals surface area contributed by atoms with E-state index in [1.807, 2.05) is 19.0 Å². The van der Waals surface area contributed by atoms with E-state index in [1.165, 1.54) is 18.4 Å². The summed E-state index contributed by atoms with van der Waals surface area (Å²) in [6.07, 6.45) is 1.49. The van der Waals surface area contributed by atoms with Gasteiger partial charge in [-0.1, -0.05) is 5.16 Å². The van der Waals surface area contributed by atoms with Crippen molar-refractivity contribution in [2.75, 3.05) is 58.4 Å². The highest BCUT2D eigenvalue weighted by Gasteiger charge is 2.28. The minimum atomic E-state index is -0.326. The SMILES string of the molecule is CN(C)CCN(Cc1c(-c2ccc(F)cc2)noc1N1CCOCC1)C(=O)c1ccco1. The molecule has 0 radical (unpaired) electrons. The molecule has 1 fully saturated rings. The number of amides is 1. The Morgan fingerprint density at radius 3 is 2.53 bits per heavy atom. The zero-order chi connectivity index (χ0) is 22.5. The van der Waals surface area contributed by atoms with Crippen LogP contribution >= 0.6 is 0 Å². The Bertz CT molecular complexity index is 1010. The smallest absolute Gasteiger partial charge is 0.289 e. The van der Waals surface area contributed by atoms with Crippen LogP contribution in [-0.2, 0) is 11.3 Å². The molecule has 0 atom stereocenters. The Morgan fingerprint density at radius 1 is 1.12 bits per heavy atom. The molecule has 9 heteroatoms. The van der Waals surface area contributed by atoms with Crippen molar-refractivity contribution >= 4 is 11.8 Å². The minimum Gasteiger partial charge on any atom is -0.459 e. The van der Waals surface area contributed by atoms with E-state index in [-0.39, 0.29) is 24.0 Å². The summed E-state index contributed by atoms with van der Waals surface area (Å²) in [4.78, 5) is 19.0. The number of nitrogens with zero attached hydrogens (tertiary/aromatic N) is 4. The largest absolute Gasteiger partial charge is 0.459 e. The van der Waals surface area contributed by atoms with E-state index in [0.29, 0.717) is 51.0 Å². The molecule has 32 heavy (non-hydrogen) atoms. The Balaban J connectivity index is 1.71. The summed E-state index contributed by atoms with van der Waals surface area (Å²) in [7, 11) is 3.91. The molecule has 3 heterocycles. The maximum Gasteiger partial charge on any atom is 0.289 e. The minimum absolute atomic E-state index is 0.212. The lowest BCUT2D eigenvalue weighted by Crippen LogP contribution is -2.38. The molecule has 4 rings (SSSR count). The summed E-state index contributed by atoms with van der Waals surface area (Å²) in [6, 6.07) is 9.46. The number of hydrogen-bond donors (Lipinski definition) is 0. The molecule has 0 aliphatic carbocycles. The summed E-state index contributed by atoms with van der Waals surface area (Å²) in [5, 5.41) is 4.31. The number of furan rings is 1. The standard InChI is InChI=1S/C23H27FN4O4/c1-26(2)9-10-28(22(29)20-4-3-13-31-20)16-19-21(17-5-7-18(24)8-6-17)25-32-23(19)27-11-14-30-15-12-27/h3-8,13H,9-12,14-16H2,1-2H3. The number of carbonyl (C=O) groups excluding carboxylic acids is 1. The first-order valence-electron chi connectivity index (χ1n) is 10.6. The summed E-state index contributed by atoms with van der Waals surface area (Å²) in [6.45, 7) is 3.93. The second kappa shape index (κ2) is 9.97. The molecule has 1 aromatic carbocycles. The molecule has 1 aliphatic rings. The molecule has 0 saturated carbocycles. The average Bonchev–Trinajstić information content (AvgIpc) is 3.48. The molecule has 1 saturated heterocycles. The quantitative estimate of drug-likeness (QED) is 0.531. The van der Waals surface area contributed by atoms with Gasteiger partial charge in [-0.15, -0.1) is 0 Å². The van der Waals surface area contributed by atoms with Gasteiger partial charge >= 0.3 is 0 Å². The Labute approximate surface area is 186 Å². The molecule has 1 amide bonds. The zero-order valence-electron chi connectivity index (χ0n) is 18.3. The van der Waals surface area contributed by atoms with Crippen LogP contribution in [-0.4, -0.2) is 74.4 Å². The molecule has 0 N–H and O–H groups in total. The van der Waals surface area contributed by atoms with Crippen molar-refractivity contribution in [3.05, 3.63) is 59.8 Å². The highest BCUT2D eigenvalue weighted by atomic mass is 19.1. The molecule has 0 spiro atoms. The normalized spacial score (nSPS) is 14.2. The molecule has 2 aromatic heterocycles. The van der Waals surface area contributed by atoms with E-state index in [2.05, 4.69) is 10.1 Å². The lowest BCUT2D eigenvalue weighted by atomic mass is 10.1. The summed E-state index contributed by atoms with van der Waals surface area (Å²) in [5.74, 6) is 0.343. The molecule has 0 bridgehead atoms. The van der Waals surface area contributed by atoms with Gasteiger partial charge in [0.1, 0.15) is 11.5 Å². The number of ether oxygens (including phenoxy) is 1. The number of rotatable bonds is 8. The predicted molar refractivity (Wildman–Crippen MR) is 117 cm³/mol. The van der Waals surface area contributed by atoms with Gasteiger partial charge in [0.15, 0.2) is 5.76 Å². The molecular weight excluding hydrogens is 415 g/mol. The molecular formula is C23H27FN4O4. The second-order valence-electron chi connectivity index (χ2n) is 7.93. The number of morpholine rings is 1. The number of anilines is 1. The fraction of sp³-hybridized carbons (Fsp3) is 0.391. The molecule has 0 unspecified atom stereocenters. The van der Waals surface area contributed by atoms with Gasteiger partial charge in [0.05, 0.1) is 31.6 Å². The number of hydrogen-bond acceptors (Lipinski definition) is 7. The van der Waals surface area contributed by atoms with Crippen LogP contribution in [0.1, 0.15) is 16.1 Å². The van der Waals surface area contributed by atoms with E-state index >= 15 is 0 Å². The van der Waals surface area contributed by atoms with Crippen LogP contribution in [0.4, 0.5) is 10.3 Å². The first-order valence-corrected chi connectivity index (χ1v) is 10.6. The highest BCUT2D eigenvalue weighted by Crippen LogP contribution is 2.33. The van der Waals surface area contributed by atoms with Crippen molar-refractivity contribution in [3.63, 3.8) is 0 Å². The predicted octanol–water partition coefficient (Wildman–Crippen LogP) is 3.11. The summed E-state index contributed by atoms with van der Waals surface area (Å²) in [5.41, 5.74) is 2.09. The number of carbonyl (C=O) groups is 1. The van der Waals surface area contributed by atoms with Crippen molar-refractivity contribution < 1.29 is 22.9 Å².